The van der Waals surface area contributed by atoms with Crippen LogP contribution < -0.4 is 4.74 Å². The highest BCUT2D eigenvalue weighted by Gasteiger charge is 2.12. The summed E-state index contributed by atoms with van der Waals surface area (Å²) in [5, 5.41) is 8.73. The Morgan fingerprint density at radius 3 is 2.20 bits per heavy atom. The molecule has 2 aromatic rings. The molecule has 0 aromatic heterocycles. The summed E-state index contributed by atoms with van der Waals surface area (Å²) in [6, 6.07) is 11.0. The standard InChI is InChI=1S/C21H23F2NO/c1-3-5-6-15(4-2)14-25-18-9-7-16(8-10-18)17-11-20(22)19(13-24)21(23)12-17/h7-12,15H,3-6,14H2,1-2H3. The molecule has 0 spiro atoms. The Hall–Kier alpha value is -2.41. The topological polar surface area (TPSA) is 33.0 Å². The van der Waals surface area contributed by atoms with Crippen LogP contribution in [0.4, 0.5) is 8.78 Å². The fourth-order valence-electron chi connectivity index (χ4n) is 2.70. The summed E-state index contributed by atoms with van der Waals surface area (Å²) in [4.78, 5) is 0. The highest BCUT2D eigenvalue weighted by Crippen LogP contribution is 2.26. The van der Waals surface area contributed by atoms with Gasteiger partial charge in [-0.2, -0.15) is 5.26 Å². The Labute approximate surface area is 148 Å². The Morgan fingerprint density at radius 1 is 1.04 bits per heavy atom. The van der Waals surface area contributed by atoms with E-state index in [0.717, 1.165) is 18.6 Å². The van der Waals surface area contributed by atoms with Gasteiger partial charge in [-0.25, -0.2) is 8.78 Å². The molecule has 25 heavy (non-hydrogen) atoms. The molecule has 1 atom stereocenters. The fraction of sp³-hybridized carbons (Fsp3) is 0.381. The molecule has 0 N–H and O–H groups in total. The van der Waals surface area contributed by atoms with Gasteiger partial charge in [0.2, 0.25) is 0 Å². The van der Waals surface area contributed by atoms with Crippen molar-refractivity contribution in [2.24, 2.45) is 5.92 Å². The number of ether oxygens (including phenoxy) is 1. The van der Waals surface area contributed by atoms with E-state index in [9.17, 15) is 8.78 Å². The lowest BCUT2D eigenvalue weighted by molar-refractivity contribution is 0.233. The SMILES string of the molecule is CCCCC(CC)COc1ccc(-c2cc(F)c(C#N)c(F)c2)cc1. The Balaban J connectivity index is 2.06. The first kappa shape index (κ1) is 18.9. The van der Waals surface area contributed by atoms with Gasteiger partial charge in [0.25, 0.3) is 0 Å². The van der Waals surface area contributed by atoms with E-state index in [2.05, 4.69) is 13.8 Å². The minimum absolute atomic E-state index is 0.398. The number of benzene rings is 2. The van der Waals surface area contributed by atoms with Gasteiger partial charge in [0, 0.05) is 0 Å². The minimum atomic E-state index is -0.848. The first-order valence-corrected chi connectivity index (χ1v) is 8.71. The number of nitriles is 1. The van der Waals surface area contributed by atoms with E-state index in [4.69, 9.17) is 10.00 Å². The van der Waals surface area contributed by atoms with Crippen molar-refractivity contribution >= 4 is 0 Å². The molecule has 0 saturated heterocycles. The molecule has 0 bridgehead atoms. The van der Waals surface area contributed by atoms with E-state index in [1.807, 2.05) is 0 Å². The van der Waals surface area contributed by atoms with Gasteiger partial charge in [-0.1, -0.05) is 45.2 Å². The lowest BCUT2D eigenvalue weighted by Crippen LogP contribution is -2.11. The van der Waals surface area contributed by atoms with E-state index in [-0.39, 0.29) is 0 Å². The molecule has 0 heterocycles. The van der Waals surface area contributed by atoms with E-state index >= 15 is 0 Å². The maximum absolute atomic E-state index is 13.7. The van der Waals surface area contributed by atoms with Gasteiger partial charge < -0.3 is 4.74 Å². The first-order valence-electron chi connectivity index (χ1n) is 8.71. The van der Waals surface area contributed by atoms with Crippen LogP contribution in [0.2, 0.25) is 0 Å². The second-order valence-corrected chi connectivity index (χ2v) is 6.18. The number of hydrogen-bond acceptors (Lipinski definition) is 2. The predicted octanol–water partition coefficient (Wildman–Crippen LogP) is 6.10. The maximum Gasteiger partial charge on any atom is 0.144 e. The Kier molecular flexibility index (Phi) is 6.94. The van der Waals surface area contributed by atoms with Crippen LogP contribution in [0.25, 0.3) is 11.1 Å². The summed E-state index contributed by atoms with van der Waals surface area (Å²) in [5.74, 6) is -0.409. The summed E-state index contributed by atoms with van der Waals surface area (Å²) in [6.07, 6.45) is 4.64. The number of halogens is 2. The quantitative estimate of drug-likeness (QED) is 0.580. The molecular weight excluding hydrogens is 320 g/mol. The third-order valence-corrected chi connectivity index (χ3v) is 4.37. The normalized spacial score (nSPS) is 11.8. The van der Waals surface area contributed by atoms with Crippen molar-refractivity contribution < 1.29 is 13.5 Å². The molecule has 0 saturated carbocycles. The molecule has 0 radical (unpaired) electrons. The van der Waals surface area contributed by atoms with Crippen molar-refractivity contribution in [3.63, 3.8) is 0 Å². The van der Waals surface area contributed by atoms with Gasteiger partial charge >= 0.3 is 0 Å². The summed E-state index contributed by atoms with van der Waals surface area (Å²) >= 11 is 0. The van der Waals surface area contributed by atoms with Crippen LogP contribution in [0.15, 0.2) is 36.4 Å². The van der Waals surface area contributed by atoms with Crippen LogP contribution in [-0.4, -0.2) is 6.61 Å². The lowest BCUT2D eigenvalue weighted by Gasteiger charge is -2.15. The van der Waals surface area contributed by atoms with Gasteiger partial charge in [-0.15, -0.1) is 0 Å². The molecular formula is C21H23F2NO. The lowest BCUT2D eigenvalue weighted by atomic mass is 10.0. The van der Waals surface area contributed by atoms with Gasteiger partial charge in [0.1, 0.15) is 29.0 Å². The molecule has 2 nitrogen and oxygen atoms in total. The van der Waals surface area contributed by atoms with Crippen molar-refractivity contribution in [2.45, 2.75) is 39.5 Å². The first-order chi connectivity index (χ1) is 12.1. The summed E-state index contributed by atoms with van der Waals surface area (Å²) in [7, 11) is 0. The van der Waals surface area contributed by atoms with Crippen molar-refractivity contribution in [1.82, 2.24) is 0 Å². The van der Waals surface area contributed by atoms with Crippen molar-refractivity contribution in [3.05, 3.63) is 53.6 Å². The molecule has 0 aliphatic rings. The molecule has 2 rings (SSSR count). The molecule has 0 aliphatic carbocycles. The van der Waals surface area contributed by atoms with Crippen LogP contribution in [0.3, 0.4) is 0 Å². The maximum atomic E-state index is 13.7. The summed E-state index contributed by atoms with van der Waals surface area (Å²) in [5.41, 5.74) is 0.518. The van der Waals surface area contributed by atoms with Crippen LogP contribution in [0.5, 0.6) is 5.75 Å². The average molecular weight is 343 g/mol. The molecule has 0 aliphatic heterocycles. The van der Waals surface area contributed by atoms with Crippen LogP contribution in [0, 0.1) is 28.9 Å². The average Bonchev–Trinajstić information content (AvgIpc) is 2.62. The molecule has 132 valence electrons. The van der Waals surface area contributed by atoms with E-state index in [0.29, 0.717) is 23.7 Å². The zero-order chi connectivity index (χ0) is 18.2. The van der Waals surface area contributed by atoms with Gasteiger partial charge in [0.15, 0.2) is 0 Å². The monoisotopic (exact) mass is 343 g/mol. The molecule has 1 unspecified atom stereocenters. The smallest absolute Gasteiger partial charge is 0.144 e. The van der Waals surface area contributed by atoms with Crippen LogP contribution in [0.1, 0.15) is 45.1 Å². The Morgan fingerprint density at radius 2 is 1.68 bits per heavy atom. The predicted molar refractivity (Wildman–Crippen MR) is 95.3 cm³/mol. The Bertz CT molecular complexity index is 712. The van der Waals surface area contributed by atoms with Gasteiger partial charge in [0.05, 0.1) is 6.61 Å². The molecule has 4 heteroatoms. The number of rotatable bonds is 8. The van der Waals surface area contributed by atoms with Gasteiger partial charge in [-0.3, -0.25) is 0 Å². The second-order valence-electron chi connectivity index (χ2n) is 6.18. The molecule has 2 aromatic carbocycles. The number of nitrogens with zero attached hydrogens (tertiary/aromatic N) is 1. The van der Waals surface area contributed by atoms with Crippen LogP contribution in [-0.2, 0) is 0 Å². The third-order valence-electron chi connectivity index (χ3n) is 4.37. The molecule has 0 amide bonds. The summed E-state index contributed by atoms with van der Waals surface area (Å²) in [6.45, 7) is 5.03. The largest absolute Gasteiger partial charge is 0.493 e. The zero-order valence-electron chi connectivity index (χ0n) is 14.7. The summed E-state index contributed by atoms with van der Waals surface area (Å²) < 4.78 is 33.3. The number of hydrogen-bond donors (Lipinski definition) is 0. The van der Waals surface area contributed by atoms with Crippen molar-refractivity contribution in [3.8, 4) is 22.9 Å². The highest BCUT2D eigenvalue weighted by atomic mass is 19.1. The zero-order valence-corrected chi connectivity index (χ0v) is 14.7. The van der Waals surface area contributed by atoms with Gasteiger partial charge in [-0.05, 0) is 47.7 Å². The van der Waals surface area contributed by atoms with E-state index in [1.165, 1.54) is 31.0 Å². The highest BCUT2D eigenvalue weighted by molar-refractivity contribution is 5.65. The second kappa shape index (κ2) is 9.17. The fourth-order valence-corrected chi connectivity index (χ4v) is 2.70. The van der Waals surface area contributed by atoms with Crippen molar-refractivity contribution in [2.75, 3.05) is 6.61 Å². The van der Waals surface area contributed by atoms with Crippen molar-refractivity contribution in [1.29, 1.82) is 5.26 Å². The molecule has 0 fully saturated rings. The van der Waals surface area contributed by atoms with E-state index in [1.54, 1.807) is 24.3 Å². The van der Waals surface area contributed by atoms with E-state index < -0.39 is 17.2 Å². The minimum Gasteiger partial charge on any atom is -0.493 e. The number of unbranched alkanes of at least 4 members (excludes halogenated alkanes) is 1. The van der Waals surface area contributed by atoms with Crippen LogP contribution >= 0.6 is 0 Å². The third kappa shape index (κ3) is 5.03.